The molecule has 1 aliphatic heterocycles. The van der Waals surface area contributed by atoms with Gasteiger partial charge in [-0.1, -0.05) is 29.3 Å². The second kappa shape index (κ2) is 7.62. The Morgan fingerprint density at radius 3 is 2.96 bits per heavy atom. The molecule has 0 aliphatic carbocycles. The number of pyridine rings is 1. The first kappa shape index (κ1) is 17.9. The molecule has 27 heavy (non-hydrogen) atoms. The van der Waals surface area contributed by atoms with Crippen molar-refractivity contribution in [3.8, 4) is 5.75 Å². The predicted molar refractivity (Wildman–Crippen MR) is 107 cm³/mol. The van der Waals surface area contributed by atoms with Crippen molar-refractivity contribution in [3.05, 3.63) is 64.4 Å². The maximum Gasteiger partial charge on any atom is 0.260 e. The van der Waals surface area contributed by atoms with Crippen LogP contribution in [-0.2, 0) is 4.79 Å². The number of halogens is 2. The van der Waals surface area contributed by atoms with Crippen LogP contribution in [0.2, 0.25) is 10.0 Å². The maximum absolute atomic E-state index is 12.4. The van der Waals surface area contributed by atoms with Crippen molar-refractivity contribution in [3.63, 3.8) is 0 Å². The van der Waals surface area contributed by atoms with E-state index in [0.717, 1.165) is 23.0 Å². The lowest BCUT2D eigenvalue weighted by molar-refractivity contribution is -0.132. The fraction of sp³-hybridized carbons (Fsp3) is 0.200. The Morgan fingerprint density at radius 1 is 1.30 bits per heavy atom. The van der Waals surface area contributed by atoms with E-state index in [1.165, 1.54) is 5.57 Å². The smallest absolute Gasteiger partial charge is 0.260 e. The molecule has 0 saturated heterocycles. The van der Waals surface area contributed by atoms with Gasteiger partial charge in [0.05, 0.1) is 5.02 Å². The Hall–Kier alpha value is -2.50. The highest BCUT2D eigenvalue weighted by molar-refractivity contribution is 6.35. The largest absolute Gasteiger partial charge is 0.482 e. The quantitative estimate of drug-likeness (QED) is 0.696. The van der Waals surface area contributed by atoms with Gasteiger partial charge in [-0.25, -0.2) is 4.98 Å². The third kappa shape index (κ3) is 3.80. The molecule has 0 spiro atoms. The zero-order chi connectivity index (χ0) is 18.8. The van der Waals surface area contributed by atoms with Crippen molar-refractivity contribution >= 4 is 45.7 Å². The first-order chi connectivity index (χ1) is 13.1. The van der Waals surface area contributed by atoms with Gasteiger partial charge in [0.25, 0.3) is 5.91 Å². The predicted octanol–water partition coefficient (Wildman–Crippen LogP) is 4.56. The number of benzene rings is 1. The molecule has 3 heterocycles. The van der Waals surface area contributed by atoms with Gasteiger partial charge in [-0.3, -0.25) is 4.79 Å². The number of H-pyrrole nitrogens is 1. The van der Waals surface area contributed by atoms with E-state index in [9.17, 15) is 4.79 Å². The summed E-state index contributed by atoms with van der Waals surface area (Å²) in [4.78, 5) is 21.7. The number of nitrogens with one attached hydrogen (secondary N) is 1. The molecule has 4 rings (SSSR count). The number of hydrogen-bond acceptors (Lipinski definition) is 3. The van der Waals surface area contributed by atoms with Crippen LogP contribution in [0, 0.1) is 0 Å². The average Bonchev–Trinajstić information content (AvgIpc) is 3.11. The van der Waals surface area contributed by atoms with Crippen molar-refractivity contribution < 1.29 is 9.53 Å². The second-order valence-corrected chi connectivity index (χ2v) is 7.13. The third-order valence-electron chi connectivity index (χ3n) is 4.60. The summed E-state index contributed by atoms with van der Waals surface area (Å²) in [5.41, 5.74) is 3.24. The molecule has 1 N–H and O–H groups in total. The van der Waals surface area contributed by atoms with E-state index in [2.05, 4.69) is 22.1 Å². The van der Waals surface area contributed by atoms with Gasteiger partial charge in [0.15, 0.2) is 6.61 Å². The highest BCUT2D eigenvalue weighted by Crippen LogP contribution is 2.29. The van der Waals surface area contributed by atoms with Crippen molar-refractivity contribution in [1.29, 1.82) is 0 Å². The van der Waals surface area contributed by atoms with E-state index in [1.54, 1.807) is 29.3 Å². The Bertz CT molecular complexity index is 1030. The number of ether oxygens (including phenoxy) is 1. The summed E-state index contributed by atoms with van der Waals surface area (Å²) in [6, 6.07) is 8.92. The Labute approximate surface area is 166 Å². The van der Waals surface area contributed by atoms with Crippen LogP contribution in [0.5, 0.6) is 5.75 Å². The molecule has 0 unspecified atom stereocenters. The van der Waals surface area contributed by atoms with E-state index in [0.29, 0.717) is 28.9 Å². The van der Waals surface area contributed by atoms with Crippen LogP contribution in [0.15, 0.2) is 48.8 Å². The summed E-state index contributed by atoms with van der Waals surface area (Å²) in [7, 11) is 0. The van der Waals surface area contributed by atoms with Crippen LogP contribution in [0.3, 0.4) is 0 Å². The number of nitrogens with zero attached hydrogens (tertiary/aromatic N) is 2. The van der Waals surface area contributed by atoms with E-state index in [-0.39, 0.29) is 12.5 Å². The molecule has 138 valence electrons. The zero-order valence-electron chi connectivity index (χ0n) is 14.4. The van der Waals surface area contributed by atoms with Gasteiger partial charge in [-0.2, -0.15) is 0 Å². The molecule has 0 saturated carbocycles. The summed E-state index contributed by atoms with van der Waals surface area (Å²) in [5, 5.41) is 2.02. The molecule has 0 radical (unpaired) electrons. The Balaban J connectivity index is 1.40. The molecule has 0 bridgehead atoms. The van der Waals surface area contributed by atoms with E-state index >= 15 is 0 Å². The van der Waals surface area contributed by atoms with Crippen molar-refractivity contribution in [2.45, 2.75) is 6.42 Å². The molecule has 1 amide bonds. The summed E-state index contributed by atoms with van der Waals surface area (Å²) < 4.78 is 5.55. The lowest BCUT2D eigenvalue weighted by Gasteiger charge is -2.26. The molecule has 5 nitrogen and oxygen atoms in total. The van der Waals surface area contributed by atoms with Crippen LogP contribution < -0.4 is 4.74 Å². The number of amides is 1. The number of aromatic amines is 1. The standard InChI is InChI=1S/C20H17Cl2N3O2/c21-14-3-4-18(17(22)10-14)27-12-19(26)25-8-5-13(6-9-25)16-11-24-20-15(16)2-1-7-23-20/h1-5,7,10-11H,6,8-9,12H2,(H,23,24). The van der Waals surface area contributed by atoms with Gasteiger partial charge in [-0.05, 0) is 42.3 Å². The van der Waals surface area contributed by atoms with E-state index < -0.39 is 0 Å². The fourth-order valence-corrected chi connectivity index (χ4v) is 3.65. The molecule has 2 aromatic heterocycles. The van der Waals surface area contributed by atoms with Crippen LogP contribution in [0.4, 0.5) is 0 Å². The zero-order valence-corrected chi connectivity index (χ0v) is 15.9. The first-order valence-electron chi connectivity index (χ1n) is 8.59. The van der Waals surface area contributed by atoms with Crippen LogP contribution >= 0.6 is 23.2 Å². The maximum atomic E-state index is 12.4. The summed E-state index contributed by atoms with van der Waals surface area (Å²) >= 11 is 11.9. The monoisotopic (exact) mass is 401 g/mol. The minimum absolute atomic E-state index is 0.0540. The minimum atomic E-state index is -0.0723. The molecular formula is C20H17Cl2N3O2. The van der Waals surface area contributed by atoms with E-state index in [1.807, 2.05) is 12.3 Å². The van der Waals surface area contributed by atoms with Gasteiger partial charge < -0.3 is 14.6 Å². The number of carbonyl (C=O) groups excluding carboxylic acids is 1. The number of hydrogen-bond donors (Lipinski definition) is 1. The molecule has 0 fully saturated rings. The van der Waals surface area contributed by atoms with Crippen molar-refractivity contribution in [2.24, 2.45) is 0 Å². The summed E-state index contributed by atoms with van der Waals surface area (Å²) in [5.74, 6) is 0.380. The van der Waals surface area contributed by atoms with Gasteiger partial charge in [0.2, 0.25) is 0 Å². The number of carbonyl (C=O) groups is 1. The second-order valence-electron chi connectivity index (χ2n) is 6.28. The lowest BCUT2D eigenvalue weighted by atomic mass is 9.99. The molecule has 0 atom stereocenters. The summed E-state index contributed by atoms with van der Waals surface area (Å²) in [6.45, 7) is 1.15. The molecule has 7 heteroatoms. The van der Waals surface area contributed by atoms with Gasteiger partial charge >= 0.3 is 0 Å². The lowest BCUT2D eigenvalue weighted by Crippen LogP contribution is -2.37. The SMILES string of the molecule is O=C(COc1ccc(Cl)cc1Cl)N1CC=C(c2c[nH]c3ncccc23)CC1. The van der Waals surface area contributed by atoms with Gasteiger partial charge in [0.1, 0.15) is 11.4 Å². The first-order valence-corrected chi connectivity index (χ1v) is 9.34. The molecule has 1 aromatic carbocycles. The van der Waals surface area contributed by atoms with Crippen LogP contribution in [0.25, 0.3) is 16.6 Å². The normalized spacial score (nSPS) is 14.3. The van der Waals surface area contributed by atoms with Gasteiger partial charge in [-0.15, -0.1) is 0 Å². The topological polar surface area (TPSA) is 58.2 Å². The molecular weight excluding hydrogens is 385 g/mol. The number of fused-ring (bicyclic) bond motifs is 1. The molecule has 1 aliphatic rings. The Kier molecular flexibility index (Phi) is 5.05. The van der Waals surface area contributed by atoms with E-state index in [4.69, 9.17) is 27.9 Å². The minimum Gasteiger partial charge on any atom is -0.482 e. The Morgan fingerprint density at radius 2 is 2.19 bits per heavy atom. The van der Waals surface area contributed by atoms with Crippen molar-refractivity contribution in [1.82, 2.24) is 14.9 Å². The highest BCUT2D eigenvalue weighted by atomic mass is 35.5. The van der Waals surface area contributed by atoms with Crippen LogP contribution in [-0.4, -0.2) is 40.5 Å². The molecule has 3 aromatic rings. The fourth-order valence-electron chi connectivity index (χ4n) is 3.18. The van der Waals surface area contributed by atoms with Crippen molar-refractivity contribution in [2.75, 3.05) is 19.7 Å². The number of rotatable bonds is 4. The third-order valence-corrected chi connectivity index (χ3v) is 5.13. The number of aromatic nitrogens is 2. The highest BCUT2D eigenvalue weighted by Gasteiger charge is 2.20. The van der Waals surface area contributed by atoms with Gasteiger partial charge in [0, 0.05) is 41.5 Å². The van der Waals surface area contributed by atoms with Crippen LogP contribution in [0.1, 0.15) is 12.0 Å². The summed E-state index contributed by atoms with van der Waals surface area (Å²) in [6.07, 6.45) is 6.62. The average molecular weight is 402 g/mol.